The molecular weight excluding hydrogens is 282 g/mol. The molecule has 21 heavy (non-hydrogen) atoms. The van der Waals surface area contributed by atoms with Crippen LogP contribution in [0.4, 0.5) is 0 Å². The Hall–Kier alpha value is -1.59. The van der Waals surface area contributed by atoms with Gasteiger partial charge in [-0.05, 0) is 56.1 Å². The van der Waals surface area contributed by atoms with Gasteiger partial charge in [-0.1, -0.05) is 0 Å². The number of rotatable bonds is 3. The van der Waals surface area contributed by atoms with Crippen LogP contribution >= 0.6 is 11.3 Å². The molecule has 0 unspecified atom stereocenters. The third-order valence-corrected chi connectivity index (χ3v) is 5.78. The molecule has 110 valence electrons. The summed E-state index contributed by atoms with van der Waals surface area (Å²) in [5.74, 6) is 0.748. The monoisotopic (exact) mass is 301 g/mol. The van der Waals surface area contributed by atoms with E-state index in [1.54, 1.807) is 11.3 Å². The minimum Gasteiger partial charge on any atom is -0.361 e. The number of carbonyl (C=O) groups excluding carboxylic acids is 1. The first-order valence-electron chi connectivity index (χ1n) is 7.56. The second kappa shape index (κ2) is 5.31. The predicted molar refractivity (Wildman–Crippen MR) is 84.5 cm³/mol. The van der Waals surface area contributed by atoms with Crippen LogP contribution in [0.25, 0.3) is 10.6 Å². The number of nitrogens with one attached hydrogen (secondary N) is 2. The molecule has 5 heteroatoms. The van der Waals surface area contributed by atoms with Gasteiger partial charge in [-0.2, -0.15) is 0 Å². The maximum absolute atomic E-state index is 12.4. The van der Waals surface area contributed by atoms with E-state index >= 15 is 0 Å². The van der Waals surface area contributed by atoms with Crippen LogP contribution in [0, 0.1) is 5.92 Å². The zero-order valence-corrected chi connectivity index (χ0v) is 12.7. The van der Waals surface area contributed by atoms with Gasteiger partial charge in [0.2, 0.25) is 0 Å². The molecule has 3 saturated heterocycles. The number of hydrogen-bond donors (Lipinski definition) is 2. The molecule has 2 N–H and O–H groups in total. The van der Waals surface area contributed by atoms with Crippen molar-refractivity contribution in [2.75, 3.05) is 19.6 Å². The van der Waals surface area contributed by atoms with E-state index in [0.29, 0.717) is 12.0 Å². The summed E-state index contributed by atoms with van der Waals surface area (Å²) >= 11 is 1.55. The number of carbonyl (C=O) groups is 1. The highest BCUT2D eigenvalue weighted by atomic mass is 32.1. The van der Waals surface area contributed by atoms with E-state index in [-0.39, 0.29) is 5.91 Å². The Labute approximate surface area is 128 Å². The first kappa shape index (κ1) is 13.1. The molecule has 0 radical (unpaired) electrons. The normalized spacial score (nSPS) is 27.7. The summed E-state index contributed by atoms with van der Waals surface area (Å²) in [6.45, 7) is 3.42. The molecule has 5 rings (SSSR count). The van der Waals surface area contributed by atoms with E-state index in [4.69, 9.17) is 0 Å². The molecule has 0 aromatic carbocycles. The number of fused-ring (bicyclic) bond motifs is 3. The highest BCUT2D eigenvalue weighted by molar-refractivity contribution is 7.17. The van der Waals surface area contributed by atoms with Crippen molar-refractivity contribution in [1.82, 2.24) is 15.2 Å². The van der Waals surface area contributed by atoms with Gasteiger partial charge in [-0.3, -0.25) is 4.79 Å². The molecule has 0 aliphatic carbocycles. The van der Waals surface area contributed by atoms with Crippen LogP contribution in [0.3, 0.4) is 0 Å². The van der Waals surface area contributed by atoms with Gasteiger partial charge in [0.15, 0.2) is 0 Å². The van der Waals surface area contributed by atoms with Crippen molar-refractivity contribution in [2.45, 2.75) is 18.9 Å². The number of thiophene rings is 1. The van der Waals surface area contributed by atoms with E-state index in [9.17, 15) is 4.79 Å². The number of H-pyrrole nitrogens is 1. The van der Waals surface area contributed by atoms with E-state index in [1.807, 2.05) is 30.5 Å². The molecule has 3 aliphatic heterocycles. The Morgan fingerprint density at radius 2 is 2.14 bits per heavy atom. The van der Waals surface area contributed by atoms with Gasteiger partial charge in [0.05, 0.1) is 15.4 Å². The van der Waals surface area contributed by atoms with E-state index < -0.39 is 0 Å². The summed E-state index contributed by atoms with van der Waals surface area (Å²) in [5, 5.41) is 3.24. The summed E-state index contributed by atoms with van der Waals surface area (Å²) in [6.07, 6.45) is 4.36. The van der Waals surface area contributed by atoms with Crippen molar-refractivity contribution in [3.05, 3.63) is 35.3 Å². The minimum absolute atomic E-state index is 0.0801. The van der Waals surface area contributed by atoms with Crippen molar-refractivity contribution in [1.29, 1.82) is 0 Å². The Bertz CT molecular complexity index is 626. The predicted octanol–water partition coefficient (Wildman–Crippen LogP) is 2.57. The summed E-state index contributed by atoms with van der Waals surface area (Å²) in [7, 11) is 0. The SMILES string of the molecule is O=C(N[C@H]1CN2CCC1CC2)c1ccc(-c2ccc[nH]2)s1. The van der Waals surface area contributed by atoms with Gasteiger partial charge in [0.25, 0.3) is 5.91 Å². The number of aromatic nitrogens is 1. The van der Waals surface area contributed by atoms with E-state index in [2.05, 4.69) is 15.2 Å². The molecule has 0 spiro atoms. The quantitative estimate of drug-likeness (QED) is 0.915. The third-order valence-electron chi connectivity index (χ3n) is 4.67. The van der Waals surface area contributed by atoms with Gasteiger partial charge in [0.1, 0.15) is 0 Å². The van der Waals surface area contributed by atoms with Gasteiger partial charge >= 0.3 is 0 Å². The van der Waals surface area contributed by atoms with Crippen LogP contribution in [0.1, 0.15) is 22.5 Å². The fraction of sp³-hybridized carbons (Fsp3) is 0.438. The maximum Gasteiger partial charge on any atom is 0.261 e. The second-order valence-electron chi connectivity index (χ2n) is 5.97. The molecule has 2 aromatic rings. The minimum atomic E-state index is 0.0801. The van der Waals surface area contributed by atoms with Gasteiger partial charge in [-0.25, -0.2) is 0 Å². The largest absolute Gasteiger partial charge is 0.361 e. The van der Waals surface area contributed by atoms with Crippen LogP contribution in [-0.2, 0) is 0 Å². The van der Waals surface area contributed by atoms with Gasteiger partial charge < -0.3 is 15.2 Å². The number of amides is 1. The van der Waals surface area contributed by atoms with E-state index in [0.717, 1.165) is 22.0 Å². The number of hydrogen-bond acceptors (Lipinski definition) is 3. The summed E-state index contributed by atoms with van der Waals surface area (Å²) < 4.78 is 0. The van der Waals surface area contributed by atoms with Gasteiger partial charge in [-0.15, -0.1) is 11.3 Å². The summed E-state index contributed by atoms with van der Waals surface area (Å²) in [4.78, 5) is 20.0. The Balaban J connectivity index is 1.46. The molecule has 3 fully saturated rings. The third kappa shape index (κ3) is 2.51. The molecule has 3 aliphatic rings. The number of nitrogens with zero attached hydrogens (tertiary/aromatic N) is 1. The van der Waals surface area contributed by atoms with Crippen molar-refractivity contribution < 1.29 is 4.79 Å². The topological polar surface area (TPSA) is 48.1 Å². The summed E-state index contributed by atoms with van der Waals surface area (Å²) in [6, 6.07) is 8.28. The summed E-state index contributed by atoms with van der Waals surface area (Å²) in [5.41, 5.74) is 1.07. The smallest absolute Gasteiger partial charge is 0.261 e. The molecule has 5 heterocycles. The fourth-order valence-corrected chi connectivity index (χ4v) is 4.35. The lowest BCUT2D eigenvalue weighted by Gasteiger charge is -2.44. The zero-order chi connectivity index (χ0) is 14.2. The van der Waals surface area contributed by atoms with Crippen LogP contribution < -0.4 is 5.32 Å². The molecule has 2 bridgehead atoms. The van der Waals surface area contributed by atoms with Crippen molar-refractivity contribution >= 4 is 17.2 Å². The Kier molecular flexibility index (Phi) is 3.31. The molecule has 0 saturated carbocycles. The lowest BCUT2D eigenvalue weighted by atomic mass is 9.84. The molecule has 4 nitrogen and oxygen atoms in total. The highest BCUT2D eigenvalue weighted by Gasteiger charge is 2.35. The van der Waals surface area contributed by atoms with E-state index in [1.165, 1.54) is 25.9 Å². The van der Waals surface area contributed by atoms with Crippen LogP contribution in [0.5, 0.6) is 0 Å². The van der Waals surface area contributed by atoms with Crippen LogP contribution in [0.2, 0.25) is 0 Å². The fourth-order valence-electron chi connectivity index (χ4n) is 3.46. The average Bonchev–Trinajstić information content (AvgIpc) is 3.20. The van der Waals surface area contributed by atoms with Crippen LogP contribution in [0.15, 0.2) is 30.5 Å². The Morgan fingerprint density at radius 1 is 1.29 bits per heavy atom. The lowest BCUT2D eigenvalue weighted by Crippen LogP contribution is -2.57. The molecule has 1 amide bonds. The first-order chi connectivity index (χ1) is 10.3. The van der Waals surface area contributed by atoms with Crippen molar-refractivity contribution in [3.8, 4) is 10.6 Å². The van der Waals surface area contributed by atoms with Gasteiger partial charge in [0, 0.05) is 18.8 Å². The number of piperidine rings is 3. The Morgan fingerprint density at radius 3 is 2.81 bits per heavy atom. The highest BCUT2D eigenvalue weighted by Crippen LogP contribution is 2.29. The maximum atomic E-state index is 12.4. The lowest BCUT2D eigenvalue weighted by molar-refractivity contribution is 0.0622. The first-order valence-corrected chi connectivity index (χ1v) is 8.38. The molecular formula is C16H19N3OS. The van der Waals surface area contributed by atoms with Crippen molar-refractivity contribution in [3.63, 3.8) is 0 Å². The number of aromatic amines is 1. The van der Waals surface area contributed by atoms with Crippen LogP contribution in [-0.4, -0.2) is 41.5 Å². The second-order valence-corrected chi connectivity index (χ2v) is 7.05. The molecule has 2 aromatic heterocycles. The standard InChI is InChI=1S/C16H19N3OS/c20-16(18-13-10-19-8-5-11(13)6-9-19)15-4-3-14(21-15)12-2-1-7-17-12/h1-4,7,11,13,17H,5-6,8-10H2,(H,18,20)/t13-/m0/s1. The zero-order valence-electron chi connectivity index (χ0n) is 11.8. The average molecular weight is 301 g/mol. The van der Waals surface area contributed by atoms with Crippen molar-refractivity contribution in [2.24, 2.45) is 5.92 Å². The molecule has 1 atom stereocenters.